The van der Waals surface area contributed by atoms with Crippen LogP contribution >= 0.6 is 11.8 Å². The predicted molar refractivity (Wildman–Crippen MR) is 127 cm³/mol. The van der Waals surface area contributed by atoms with E-state index >= 15 is 0 Å². The van der Waals surface area contributed by atoms with Crippen LogP contribution in [0.15, 0.2) is 29.3 Å². The number of aliphatic imine (C=N–C) groups is 1. The maximum Gasteiger partial charge on any atom is 0.262 e. The van der Waals surface area contributed by atoms with Crippen molar-refractivity contribution in [3.05, 3.63) is 29.8 Å². The Morgan fingerprint density at radius 1 is 1.06 bits per heavy atom. The third kappa shape index (κ3) is 5.74. The number of benzene rings is 1. The van der Waals surface area contributed by atoms with E-state index in [-0.39, 0.29) is 37.2 Å². The number of thioether (sulfide) groups is 1. The number of sulfonamides is 1. The van der Waals surface area contributed by atoms with Gasteiger partial charge in [0.15, 0.2) is 5.17 Å². The summed E-state index contributed by atoms with van der Waals surface area (Å²) in [6, 6.07) is 6.55. The van der Waals surface area contributed by atoms with Crippen molar-refractivity contribution in [2.75, 3.05) is 50.8 Å². The van der Waals surface area contributed by atoms with Gasteiger partial charge in [0.2, 0.25) is 15.9 Å². The molecular weight excluding hydrogens is 466 g/mol. The quantitative estimate of drug-likeness (QED) is 0.645. The summed E-state index contributed by atoms with van der Waals surface area (Å²) in [5.41, 5.74) is 1.00. The molecule has 2 fully saturated rings. The van der Waals surface area contributed by atoms with Crippen LogP contribution in [0.25, 0.3) is 0 Å². The van der Waals surface area contributed by atoms with E-state index in [4.69, 9.17) is 0 Å². The summed E-state index contributed by atoms with van der Waals surface area (Å²) in [4.78, 5) is 45.2. The van der Waals surface area contributed by atoms with Gasteiger partial charge in [0, 0.05) is 56.9 Å². The van der Waals surface area contributed by atoms with Crippen molar-refractivity contribution in [3.63, 3.8) is 0 Å². The lowest BCUT2D eigenvalue weighted by Gasteiger charge is -2.33. The van der Waals surface area contributed by atoms with Gasteiger partial charge in [0.1, 0.15) is 5.25 Å². The van der Waals surface area contributed by atoms with Crippen LogP contribution in [0.2, 0.25) is 0 Å². The van der Waals surface area contributed by atoms with Crippen molar-refractivity contribution in [1.82, 2.24) is 14.1 Å². The van der Waals surface area contributed by atoms with Crippen LogP contribution in [0.4, 0.5) is 5.69 Å². The van der Waals surface area contributed by atoms with Crippen LogP contribution < -0.4 is 5.32 Å². The normalized spacial score (nSPS) is 21.9. The fourth-order valence-corrected chi connectivity index (χ4v) is 5.98. The number of hydrogen-bond donors (Lipinski definition) is 1. The molecule has 1 unspecified atom stereocenters. The Balaban J connectivity index is 1.27. The van der Waals surface area contributed by atoms with Crippen molar-refractivity contribution in [3.8, 4) is 0 Å². The van der Waals surface area contributed by atoms with Gasteiger partial charge in [-0.25, -0.2) is 8.42 Å². The summed E-state index contributed by atoms with van der Waals surface area (Å²) in [5, 5.41) is 2.99. The first-order valence-corrected chi connectivity index (χ1v) is 13.6. The Bertz CT molecular complexity index is 1060. The van der Waals surface area contributed by atoms with Gasteiger partial charge in [-0.05, 0) is 37.1 Å². The van der Waals surface area contributed by atoms with Crippen LogP contribution in [0, 0.1) is 0 Å². The molecule has 0 radical (unpaired) electrons. The molecule has 178 valence electrons. The van der Waals surface area contributed by atoms with E-state index in [2.05, 4.69) is 15.2 Å². The summed E-state index contributed by atoms with van der Waals surface area (Å²) in [5.74, 6) is -0.732. The molecule has 33 heavy (non-hydrogen) atoms. The molecular formula is C21H27N5O5S2. The summed E-state index contributed by atoms with van der Waals surface area (Å²) in [6.45, 7) is 3.02. The van der Waals surface area contributed by atoms with Gasteiger partial charge < -0.3 is 15.1 Å². The van der Waals surface area contributed by atoms with Crippen LogP contribution in [0.3, 0.4) is 0 Å². The fourth-order valence-electron chi connectivity index (χ4n) is 4.03. The Morgan fingerprint density at radius 3 is 2.30 bits per heavy atom. The van der Waals surface area contributed by atoms with Crippen molar-refractivity contribution < 1.29 is 22.8 Å². The minimum Gasteiger partial charge on any atom is -0.351 e. The first-order valence-electron chi connectivity index (χ1n) is 10.9. The summed E-state index contributed by atoms with van der Waals surface area (Å²) < 4.78 is 24.6. The highest BCUT2D eigenvalue weighted by atomic mass is 32.2. The summed E-state index contributed by atoms with van der Waals surface area (Å²) >= 11 is 1.35. The number of rotatable bonds is 5. The standard InChI is InChI=1S/C21H27N5O5S2/c1-33(30,31)26-12-10-24(11-13-26)20(29)15-4-6-16(7-5-15)22-18(27)14-17-19(28)23-21(32-17)25-8-2-3-9-25/h4-7,17H,2-3,8-14H2,1H3,(H,22,27). The molecule has 0 spiro atoms. The van der Waals surface area contributed by atoms with Crippen molar-refractivity contribution in [2.45, 2.75) is 24.5 Å². The average molecular weight is 494 g/mol. The topological polar surface area (TPSA) is 119 Å². The second-order valence-corrected chi connectivity index (χ2v) is 11.5. The van der Waals surface area contributed by atoms with Gasteiger partial charge in [-0.1, -0.05) is 11.8 Å². The Hall–Kier alpha value is -2.44. The number of amides is 3. The highest BCUT2D eigenvalue weighted by molar-refractivity contribution is 8.15. The van der Waals surface area contributed by atoms with Crippen molar-refractivity contribution >= 4 is 50.4 Å². The molecule has 1 aromatic rings. The van der Waals surface area contributed by atoms with Crippen LogP contribution in [0.5, 0.6) is 0 Å². The number of nitrogens with one attached hydrogen (secondary N) is 1. The van der Waals surface area contributed by atoms with Gasteiger partial charge in [0.05, 0.1) is 6.26 Å². The van der Waals surface area contributed by atoms with Crippen LogP contribution in [-0.2, 0) is 19.6 Å². The number of amidine groups is 1. The van der Waals surface area contributed by atoms with E-state index < -0.39 is 15.3 Å². The average Bonchev–Trinajstić information content (AvgIpc) is 3.44. The SMILES string of the molecule is CS(=O)(=O)N1CCN(C(=O)c2ccc(NC(=O)CC3SC(N4CCCC4)=NC3=O)cc2)CC1. The molecule has 1 N–H and O–H groups in total. The zero-order chi connectivity index (χ0) is 23.6. The van der Waals surface area contributed by atoms with Crippen molar-refractivity contribution in [1.29, 1.82) is 0 Å². The Morgan fingerprint density at radius 2 is 1.70 bits per heavy atom. The maximum absolute atomic E-state index is 12.7. The maximum atomic E-state index is 12.7. The van der Waals surface area contributed by atoms with Crippen LogP contribution in [0.1, 0.15) is 29.6 Å². The largest absolute Gasteiger partial charge is 0.351 e. The zero-order valence-corrected chi connectivity index (χ0v) is 20.0. The highest BCUT2D eigenvalue weighted by Gasteiger charge is 2.34. The molecule has 0 bridgehead atoms. The summed E-state index contributed by atoms with van der Waals surface area (Å²) in [6.07, 6.45) is 3.39. The molecule has 2 saturated heterocycles. The van der Waals surface area contributed by atoms with Gasteiger partial charge in [0.25, 0.3) is 11.8 Å². The van der Waals surface area contributed by atoms with E-state index in [1.165, 1.54) is 16.1 Å². The molecule has 3 aliphatic heterocycles. The molecule has 4 rings (SSSR count). The van der Waals surface area contributed by atoms with E-state index in [0.717, 1.165) is 37.4 Å². The third-order valence-electron chi connectivity index (χ3n) is 5.89. The van der Waals surface area contributed by atoms with Gasteiger partial charge in [-0.2, -0.15) is 9.30 Å². The lowest BCUT2D eigenvalue weighted by Crippen LogP contribution is -2.50. The van der Waals surface area contributed by atoms with Crippen LogP contribution in [-0.4, -0.2) is 96.2 Å². The lowest BCUT2D eigenvalue weighted by molar-refractivity contribution is -0.121. The number of carbonyl (C=O) groups is 3. The zero-order valence-electron chi connectivity index (χ0n) is 18.4. The molecule has 10 nitrogen and oxygen atoms in total. The molecule has 3 amide bonds. The van der Waals surface area contributed by atoms with E-state index in [1.807, 2.05) is 0 Å². The van der Waals surface area contributed by atoms with Gasteiger partial charge in [-0.15, -0.1) is 0 Å². The first-order chi connectivity index (χ1) is 15.7. The highest BCUT2D eigenvalue weighted by Crippen LogP contribution is 2.29. The number of nitrogens with zero attached hydrogens (tertiary/aromatic N) is 4. The molecule has 0 saturated carbocycles. The second kappa shape index (κ2) is 9.82. The lowest BCUT2D eigenvalue weighted by atomic mass is 10.1. The Labute approximate surface area is 197 Å². The molecule has 3 heterocycles. The molecule has 3 aliphatic rings. The third-order valence-corrected chi connectivity index (χ3v) is 8.40. The predicted octanol–water partition coefficient (Wildman–Crippen LogP) is 0.826. The Kier molecular flexibility index (Phi) is 7.05. The fraction of sp³-hybridized carbons (Fsp3) is 0.524. The number of hydrogen-bond acceptors (Lipinski definition) is 7. The minimum atomic E-state index is -3.25. The number of anilines is 1. The first kappa shape index (κ1) is 23.7. The van der Waals surface area contributed by atoms with Crippen molar-refractivity contribution in [2.24, 2.45) is 4.99 Å². The molecule has 12 heteroatoms. The van der Waals surface area contributed by atoms with E-state index in [1.54, 1.807) is 29.2 Å². The minimum absolute atomic E-state index is 0.0373. The monoisotopic (exact) mass is 493 g/mol. The van der Waals surface area contributed by atoms with E-state index in [0.29, 0.717) is 24.3 Å². The van der Waals surface area contributed by atoms with Gasteiger partial charge in [-0.3, -0.25) is 14.4 Å². The smallest absolute Gasteiger partial charge is 0.262 e. The second-order valence-electron chi connectivity index (χ2n) is 8.32. The molecule has 1 atom stereocenters. The number of carbonyl (C=O) groups excluding carboxylic acids is 3. The molecule has 1 aromatic carbocycles. The number of likely N-dealkylation sites (tertiary alicyclic amines) is 1. The van der Waals surface area contributed by atoms with Gasteiger partial charge >= 0.3 is 0 Å². The molecule has 0 aromatic heterocycles. The molecule has 0 aliphatic carbocycles. The summed E-state index contributed by atoms with van der Waals surface area (Å²) in [7, 11) is -3.25. The number of piperazine rings is 1. The van der Waals surface area contributed by atoms with E-state index in [9.17, 15) is 22.8 Å².